The van der Waals surface area contributed by atoms with Crippen LogP contribution in [0, 0.1) is 11.6 Å². The molecule has 3 rings (SSSR count). The minimum absolute atomic E-state index is 0.162. The highest BCUT2D eigenvalue weighted by Gasteiger charge is 2.37. The molecule has 0 amide bonds. The van der Waals surface area contributed by atoms with E-state index >= 15 is 0 Å². The van der Waals surface area contributed by atoms with Crippen molar-refractivity contribution in [3.63, 3.8) is 0 Å². The number of halogens is 2. The lowest BCUT2D eigenvalue weighted by Gasteiger charge is -2.47. The summed E-state index contributed by atoms with van der Waals surface area (Å²) in [5.74, 6) is -1.34. The lowest BCUT2D eigenvalue weighted by molar-refractivity contribution is -0.121. The fourth-order valence-electron chi connectivity index (χ4n) is 3.24. The molecule has 2 atom stereocenters. The standard InChI is InChI=1S/C14H15F2NO/c15-13-5-4-11(8-14(13)16)17-9-2-1-3-10(17)7-12(18)6-9/h4-5,8-10H,1-3,6-7H2. The van der Waals surface area contributed by atoms with Crippen LogP contribution in [0.4, 0.5) is 14.5 Å². The van der Waals surface area contributed by atoms with Crippen molar-refractivity contribution in [2.75, 3.05) is 4.90 Å². The fourth-order valence-corrected chi connectivity index (χ4v) is 3.24. The molecule has 2 fully saturated rings. The molecular weight excluding hydrogens is 236 g/mol. The zero-order valence-electron chi connectivity index (χ0n) is 10.0. The molecule has 2 saturated heterocycles. The first kappa shape index (κ1) is 11.6. The number of nitrogens with zero attached hydrogens (tertiary/aromatic N) is 1. The van der Waals surface area contributed by atoms with Gasteiger partial charge >= 0.3 is 0 Å². The molecule has 0 aliphatic carbocycles. The van der Waals surface area contributed by atoms with Gasteiger partial charge in [-0.25, -0.2) is 8.78 Å². The summed E-state index contributed by atoms with van der Waals surface area (Å²) in [5.41, 5.74) is 0.705. The largest absolute Gasteiger partial charge is 0.365 e. The number of carbonyl (C=O) groups is 1. The van der Waals surface area contributed by atoms with Crippen LogP contribution in [0.1, 0.15) is 32.1 Å². The second kappa shape index (κ2) is 4.34. The van der Waals surface area contributed by atoms with E-state index < -0.39 is 11.6 Å². The molecular formula is C14H15F2NO. The number of hydrogen-bond donors (Lipinski definition) is 0. The molecule has 1 aromatic rings. The monoisotopic (exact) mass is 251 g/mol. The Kier molecular flexibility index (Phi) is 2.80. The van der Waals surface area contributed by atoms with Crippen molar-refractivity contribution < 1.29 is 13.6 Å². The van der Waals surface area contributed by atoms with E-state index in [-0.39, 0.29) is 12.1 Å². The summed E-state index contributed by atoms with van der Waals surface area (Å²) in [7, 11) is 0. The SMILES string of the molecule is O=C1CC2CCCC(C1)N2c1ccc(F)c(F)c1. The van der Waals surface area contributed by atoms with Crippen molar-refractivity contribution in [1.29, 1.82) is 0 Å². The normalized spacial score (nSPS) is 27.4. The Labute approximate surface area is 105 Å². The number of carbonyl (C=O) groups excluding carboxylic acids is 1. The minimum atomic E-state index is -0.822. The van der Waals surface area contributed by atoms with Gasteiger partial charge in [-0.3, -0.25) is 4.79 Å². The molecule has 2 nitrogen and oxygen atoms in total. The number of ketones is 1. The molecule has 2 aliphatic rings. The van der Waals surface area contributed by atoms with Gasteiger partial charge in [0.15, 0.2) is 11.6 Å². The van der Waals surface area contributed by atoms with Crippen molar-refractivity contribution >= 4 is 11.5 Å². The van der Waals surface area contributed by atoms with Crippen LogP contribution >= 0.6 is 0 Å². The Morgan fingerprint density at radius 1 is 1.06 bits per heavy atom. The second-order valence-corrected chi connectivity index (χ2v) is 5.19. The van der Waals surface area contributed by atoms with Crippen LogP contribution in [0.5, 0.6) is 0 Å². The van der Waals surface area contributed by atoms with Gasteiger partial charge in [0.2, 0.25) is 0 Å². The predicted octanol–water partition coefficient (Wildman–Crippen LogP) is 3.06. The van der Waals surface area contributed by atoms with Crippen LogP contribution in [0.15, 0.2) is 18.2 Å². The first-order valence-corrected chi connectivity index (χ1v) is 6.40. The van der Waals surface area contributed by atoms with Gasteiger partial charge < -0.3 is 4.90 Å². The predicted molar refractivity (Wildman–Crippen MR) is 64.5 cm³/mol. The molecule has 2 heterocycles. The molecule has 0 N–H and O–H groups in total. The average Bonchev–Trinajstić information content (AvgIpc) is 2.32. The van der Waals surface area contributed by atoms with E-state index in [2.05, 4.69) is 4.90 Å². The van der Waals surface area contributed by atoms with Gasteiger partial charge in [0.05, 0.1) is 0 Å². The number of piperidine rings is 2. The summed E-state index contributed by atoms with van der Waals surface area (Å²) < 4.78 is 26.3. The highest BCUT2D eigenvalue weighted by Crippen LogP contribution is 2.36. The van der Waals surface area contributed by atoms with E-state index in [1.165, 1.54) is 6.07 Å². The highest BCUT2D eigenvalue weighted by atomic mass is 19.2. The van der Waals surface area contributed by atoms with Crippen LogP contribution in [0.3, 0.4) is 0 Å². The second-order valence-electron chi connectivity index (χ2n) is 5.19. The Morgan fingerprint density at radius 2 is 1.72 bits per heavy atom. The molecule has 2 bridgehead atoms. The summed E-state index contributed by atoms with van der Waals surface area (Å²) >= 11 is 0. The number of Topliss-reactive ketones (excluding diaryl/α,β-unsaturated/α-hetero) is 1. The third kappa shape index (κ3) is 1.89. The van der Waals surface area contributed by atoms with Gasteiger partial charge in [0, 0.05) is 36.7 Å². The quantitative estimate of drug-likeness (QED) is 0.764. The molecule has 2 unspecified atom stereocenters. The minimum Gasteiger partial charge on any atom is -0.365 e. The van der Waals surface area contributed by atoms with Crippen LogP contribution < -0.4 is 4.90 Å². The zero-order chi connectivity index (χ0) is 12.7. The molecule has 0 radical (unpaired) electrons. The van der Waals surface area contributed by atoms with Gasteiger partial charge in [0.1, 0.15) is 5.78 Å². The number of anilines is 1. The maximum Gasteiger partial charge on any atom is 0.160 e. The molecule has 2 aliphatic heterocycles. The topological polar surface area (TPSA) is 20.3 Å². The van der Waals surface area contributed by atoms with Crippen LogP contribution in [0.25, 0.3) is 0 Å². The highest BCUT2D eigenvalue weighted by molar-refractivity contribution is 5.82. The van der Waals surface area contributed by atoms with Crippen molar-refractivity contribution in [2.24, 2.45) is 0 Å². The van der Waals surface area contributed by atoms with E-state index in [1.807, 2.05) is 0 Å². The lowest BCUT2D eigenvalue weighted by Crippen LogP contribution is -2.52. The summed E-state index contributed by atoms with van der Waals surface area (Å²) in [5, 5.41) is 0. The van der Waals surface area contributed by atoms with Crippen LogP contribution in [0.2, 0.25) is 0 Å². The third-order valence-corrected chi connectivity index (χ3v) is 3.99. The number of fused-ring (bicyclic) bond motifs is 2. The number of benzene rings is 1. The molecule has 96 valence electrons. The van der Waals surface area contributed by atoms with E-state index in [0.717, 1.165) is 25.3 Å². The van der Waals surface area contributed by atoms with E-state index in [1.54, 1.807) is 6.07 Å². The first-order chi connectivity index (χ1) is 8.65. The Bertz CT molecular complexity index is 473. The molecule has 4 heteroatoms. The molecule has 1 aromatic carbocycles. The number of rotatable bonds is 1. The average molecular weight is 251 g/mol. The van der Waals surface area contributed by atoms with Gasteiger partial charge in [-0.2, -0.15) is 0 Å². The zero-order valence-corrected chi connectivity index (χ0v) is 10.0. The Balaban J connectivity index is 1.95. The summed E-state index contributed by atoms with van der Waals surface area (Å²) in [6.07, 6.45) is 4.11. The first-order valence-electron chi connectivity index (χ1n) is 6.40. The smallest absolute Gasteiger partial charge is 0.160 e. The maximum atomic E-state index is 13.3. The van der Waals surface area contributed by atoms with E-state index in [9.17, 15) is 13.6 Å². The van der Waals surface area contributed by atoms with Gasteiger partial charge in [-0.05, 0) is 31.4 Å². The van der Waals surface area contributed by atoms with E-state index in [0.29, 0.717) is 24.3 Å². The van der Waals surface area contributed by atoms with Crippen LogP contribution in [-0.2, 0) is 4.79 Å². The van der Waals surface area contributed by atoms with Gasteiger partial charge in [-0.15, -0.1) is 0 Å². The summed E-state index contributed by atoms with van der Waals surface area (Å²) in [6.45, 7) is 0. The van der Waals surface area contributed by atoms with Crippen molar-refractivity contribution in [2.45, 2.75) is 44.2 Å². The lowest BCUT2D eigenvalue weighted by atomic mass is 9.83. The van der Waals surface area contributed by atoms with Crippen LogP contribution in [-0.4, -0.2) is 17.9 Å². The summed E-state index contributed by atoms with van der Waals surface area (Å²) in [4.78, 5) is 13.7. The van der Waals surface area contributed by atoms with Crippen molar-refractivity contribution in [1.82, 2.24) is 0 Å². The Morgan fingerprint density at radius 3 is 2.33 bits per heavy atom. The van der Waals surface area contributed by atoms with E-state index in [4.69, 9.17) is 0 Å². The van der Waals surface area contributed by atoms with Crippen molar-refractivity contribution in [3.8, 4) is 0 Å². The Hall–Kier alpha value is -1.45. The van der Waals surface area contributed by atoms with Crippen molar-refractivity contribution in [3.05, 3.63) is 29.8 Å². The molecule has 0 aromatic heterocycles. The molecule has 0 spiro atoms. The van der Waals surface area contributed by atoms with Gasteiger partial charge in [-0.1, -0.05) is 0 Å². The fraction of sp³-hybridized carbons (Fsp3) is 0.500. The van der Waals surface area contributed by atoms with Gasteiger partial charge in [0.25, 0.3) is 0 Å². The molecule has 0 saturated carbocycles. The molecule has 18 heavy (non-hydrogen) atoms. The maximum absolute atomic E-state index is 13.3. The third-order valence-electron chi connectivity index (χ3n) is 3.99. The summed E-state index contributed by atoms with van der Waals surface area (Å²) in [6, 6.07) is 4.34. The number of hydrogen-bond acceptors (Lipinski definition) is 2.